The first-order valence-electron chi connectivity index (χ1n) is 2.72. The second-order valence-corrected chi connectivity index (χ2v) is 1.47. The molecule has 0 rings (SSSR count). The molecular formula is C6H9LiMnO6. The summed E-state index contributed by atoms with van der Waals surface area (Å²) >= 11 is 0. The van der Waals surface area contributed by atoms with E-state index in [9.17, 15) is 0 Å². The SMILES string of the molecule is CC(=O)[O-].CC(=O)[O-].CC(=O)[O-].[Li+].[Mn+2]. The first-order chi connectivity index (χ1) is 5.20. The van der Waals surface area contributed by atoms with Crippen molar-refractivity contribution in [2.24, 2.45) is 0 Å². The van der Waals surface area contributed by atoms with Crippen LogP contribution >= 0.6 is 0 Å². The maximum atomic E-state index is 8.89. The minimum absolute atomic E-state index is 0. The van der Waals surface area contributed by atoms with E-state index in [2.05, 4.69) is 0 Å². The fraction of sp³-hybridized carbons (Fsp3) is 0.500. The summed E-state index contributed by atoms with van der Waals surface area (Å²) in [6.45, 7) is 2.92. The third kappa shape index (κ3) is 5710. The van der Waals surface area contributed by atoms with E-state index in [0.717, 1.165) is 20.8 Å². The average molecular weight is 239 g/mol. The number of carbonyl (C=O) groups is 3. The van der Waals surface area contributed by atoms with Crippen molar-refractivity contribution in [3.05, 3.63) is 0 Å². The Labute approximate surface area is 104 Å². The molecule has 0 bridgehead atoms. The molecule has 8 heteroatoms. The van der Waals surface area contributed by atoms with Crippen LogP contribution in [-0.2, 0) is 31.5 Å². The quantitative estimate of drug-likeness (QED) is 0.387. The first-order valence-corrected chi connectivity index (χ1v) is 2.72. The topological polar surface area (TPSA) is 120 Å². The number of hydrogen-bond acceptors (Lipinski definition) is 6. The van der Waals surface area contributed by atoms with Crippen molar-refractivity contribution >= 4 is 17.9 Å². The first kappa shape index (κ1) is 29.2. The van der Waals surface area contributed by atoms with E-state index >= 15 is 0 Å². The summed E-state index contributed by atoms with van der Waals surface area (Å²) in [5, 5.41) is 26.7. The molecule has 0 aliphatic carbocycles. The monoisotopic (exact) mass is 239 g/mol. The van der Waals surface area contributed by atoms with Crippen molar-refractivity contribution in [1.29, 1.82) is 0 Å². The Balaban J connectivity index is -0.0000000270. The minimum atomic E-state index is -1.08. The predicted molar refractivity (Wildman–Crippen MR) is 32.0 cm³/mol. The Morgan fingerprint density at radius 3 is 0.714 bits per heavy atom. The Morgan fingerprint density at radius 1 is 0.714 bits per heavy atom. The van der Waals surface area contributed by atoms with Gasteiger partial charge in [0.1, 0.15) is 0 Å². The summed E-state index contributed by atoms with van der Waals surface area (Å²) in [5.41, 5.74) is 0. The second kappa shape index (κ2) is 22.9. The molecule has 0 aliphatic heterocycles. The Hall–Kier alpha value is -0.473. The second-order valence-electron chi connectivity index (χ2n) is 1.47. The molecule has 77 valence electrons. The number of rotatable bonds is 0. The van der Waals surface area contributed by atoms with E-state index in [-0.39, 0.29) is 35.9 Å². The Bertz CT molecular complexity index is 120. The van der Waals surface area contributed by atoms with Gasteiger partial charge in [0.2, 0.25) is 0 Å². The Kier molecular flexibility index (Phi) is 47.7. The van der Waals surface area contributed by atoms with Crippen LogP contribution < -0.4 is 34.2 Å². The fourth-order valence-electron chi connectivity index (χ4n) is 0. The van der Waals surface area contributed by atoms with Gasteiger partial charge in [0.05, 0.1) is 0 Å². The van der Waals surface area contributed by atoms with Crippen LogP contribution in [0.4, 0.5) is 0 Å². The van der Waals surface area contributed by atoms with Crippen LogP contribution in [-0.4, -0.2) is 17.9 Å². The summed E-state index contributed by atoms with van der Waals surface area (Å²) in [4.78, 5) is 26.7. The van der Waals surface area contributed by atoms with Gasteiger partial charge in [-0.2, -0.15) is 0 Å². The molecule has 14 heavy (non-hydrogen) atoms. The fourth-order valence-corrected chi connectivity index (χ4v) is 0. The van der Waals surface area contributed by atoms with Crippen molar-refractivity contribution in [3.8, 4) is 0 Å². The molecular weight excluding hydrogens is 230 g/mol. The predicted octanol–water partition coefficient (Wildman–Crippen LogP) is -6.73. The molecule has 6 nitrogen and oxygen atoms in total. The van der Waals surface area contributed by atoms with Gasteiger partial charge in [-0.05, 0) is 20.8 Å². The van der Waals surface area contributed by atoms with E-state index < -0.39 is 17.9 Å². The maximum absolute atomic E-state index is 8.89. The van der Waals surface area contributed by atoms with Gasteiger partial charge in [-0.25, -0.2) is 0 Å². The summed E-state index contributed by atoms with van der Waals surface area (Å²) < 4.78 is 0. The smallest absolute Gasteiger partial charge is 0.550 e. The third-order valence-electron chi connectivity index (χ3n) is 0. The van der Waals surface area contributed by atoms with Crippen LogP contribution in [0.1, 0.15) is 20.8 Å². The molecule has 0 N–H and O–H groups in total. The molecule has 0 spiro atoms. The molecule has 0 saturated heterocycles. The summed E-state index contributed by atoms with van der Waals surface area (Å²) in [6, 6.07) is 0. The summed E-state index contributed by atoms with van der Waals surface area (Å²) in [6.07, 6.45) is 0. The molecule has 0 atom stereocenters. The number of carboxylic acids is 3. The van der Waals surface area contributed by atoms with Gasteiger partial charge in [0.15, 0.2) is 0 Å². The number of carboxylic acid groups (broad SMARTS) is 3. The van der Waals surface area contributed by atoms with E-state index in [4.69, 9.17) is 29.7 Å². The van der Waals surface area contributed by atoms with Crippen molar-refractivity contribution in [2.45, 2.75) is 20.8 Å². The normalized spacial score (nSPS) is 5.36. The van der Waals surface area contributed by atoms with Crippen molar-refractivity contribution in [1.82, 2.24) is 0 Å². The van der Waals surface area contributed by atoms with E-state index in [1.807, 2.05) is 0 Å². The maximum Gasteiger partial charge on any atom is 2.00 e. The largest absolute Gasteiger partial charge is 2.00 e. The molecule has 0 unspecified atom stereocenters. The zero-order chi connectivity index (χ0) is 10.7. The number of aliphatic carboxylic acids is 3. The summed E-state index contributed by atoms with van der Waals surface area (Å²) in [5.74, 6) is -3.25. The molecule has 0 aromatic carbocycles. The molecule has 0 amide bonds. The Morgan fingerprint density at radius 2 is 0.714 bits per heavy atom. The zero-order valence-electron chi connectivity index (χ0n) is 8.33. The average Bonchev–Trinajstić information content (AvgIpc) is 1.54. The van der Waals surface area contributed by atoms with Crippen molar-refractivity contribution < 1.29 is 65.6 Å². The van der Waals surface area contributed by atoms with Crippen LogP contribution in [0.5, 0.6) is 0 Å². The van der Waals surface area contributed by atoms with Crippen LogP contribution in [0.15, 0.2) is 0 Å². The van der Waals surface area contributed by atoms with Gasteiger partial charge >= 0.3 is 35.9 Å². The third-order valence-corrected chi connectivity index (χ3v) is 0. The molecule has 0 fully saturated rings. The van der Waals surface area contributed by atoms with Crippen molar-refractivity contribution in [2.75, 3.05) is 0 Å². The van der Waals surface area contributed by atoms with Crippen molar-refractivity contribution in [3.63, 3.8) is 0 Å². The van der Waals surface area contributed by atoms with Crippen LogP contribution in [0.2, 0.25) is 0 Å². The van der Waals surface area contributed by atoms with Crippen LogP contribution in [0.25, 0.3) is 0 Å². The van der Waals surface area contributed by atoms with Gasteiger partial charge < -0.3 is 29.7 Å². The van der Waals surface area contributed by atoms with Gasteiger partial charge in [-0.1, -0.05) is 0 Å². The number of carbonyl (C=O) groups excluding carboxylic acids is 3. The van der Waals surface area contributed by atoms with Crippen LogP contribution in [0, 0.1) is 0 Å². The molecule has 0 saturated carbocycles. The molecule has 0 aromatic rings. The summed E-state index contributed by atoms with van der Waals surface area (Å²) in [7, 11) is 0. The van der Waals surface area contributed by atoms with E-state index in [1.54, 1.807) is 0 Å². The molecule has 0 heterocycles. The van der Waals surface area contributed by atoms with Gasteiger partial charge in [-0.3, -0.25) is 0 Å². The zero-order valence-corrected chi connectivity index (χ0v) is 9.51. The van der Waals surface area contributed by atoms with Gasteiger partial charge in [-0.15, -0.1) is 0 Å². The van der Waals surface area contributed by atoms with E-state index in [0.29, 0.717) is 0 Å². The van der Waals surface area contributed by atoms with E-state index in [1.165, 1.54) is 0 Å². The molecule has 0 aliphatic rings. The standard InChI is InChI=1S/3C2H4O2.Li.Mn/c3*1-2(3)4;;/h3*1H3,(H,3,4);;/q;;;+1;+2/p-3. The van der Waals surface area contributed by atoms with Gasteiger partial charge in [0.25, 0.3) is 0 Å². The minimum Gasteiger partial charge on any atom is -0.550 e. The van der Waals surface area contributed by atoms with Crippen LogP contribution in [0.3, 0.4) is 0 Å². The molecule has 1 radical (unpaired) electrons. The van der Waals surface area contributed by atoms with Gasteiger partial charge in [0, 0.05) is 17.9 Å². The number of hydrogen-bond donors (Lipinski definition) is 0. The molecule has 0 aromatic heterocycles.